The molecule has 6 heteroatoms. The first-order valence-corrected chi connectivity index (χ1v) is 5.05. The van der Waals surface area contributed by atoms with E-state index in [1.54, 1.807) is 6.26 Å². The number of rotatable bonds is 5. The van der Waals surface area contributed by atoms with Crippen LogP contribution in [0, 0.1) is 0 Å². The molecule has 0 rings (SSSR count). The third-order valence-electron chi connectivity index (χ3n) is 1.44. The number of hydrogen-bond acceptors (Lipinski definition) is 5. The van der Waals surface area contributed by atoms with Crippen molar-refractivity contribution < 1.29 is 14.7 Å². The maximum Gasteiger partial charge on any atom is 0.332 e. The largest absolute Gasteiger partial charge is 0.480 e. The average molecular weight is 209 g/mol. The quantitative estimate of drug-likeness (QED) is 0.327. The van der Waals surface area contributed by atoms with Crippen LogP contribution in [0.15, 0.2) is 0 Å². The number of hydrogen-bond donors (Lipinski definition) is 3. The molecule has 0 aromatic carbocycles. The van der Waals surface area contributed by atoms with Crippen LogP contribution in [-0.2, 0) is 9.59 Å². The number of aldehydes is 1. The summed E-state index contributed by atoms with van der Waals surface area (Å²) in [6.45, 7) is 0. The first kappa shape index (κ1) is 11.8. The van der Waals surface area contributed by atoms with Gasteiger partial charge in [-0.25, -0.2) is 4.79 Å². The molecule has 2 atom stereocenters. The maximum atomic E-state index is 10.6. The van der Waals surface area contributed by atoms with Crippen molar-refractivity contribution in [3.8, 4) is 0 Å². The predicted molar refractivity (Wildman–Crippen MR) is 51.8 cm³/mol. The summed E-state index contributed by atoms with van der Waals surface area (Å²) >= 11 is 5.34. The number of carbonyl (C=O) groups excluding carboxylic acids is 1. The molecular formula is C6H11NO3S2. The van der Waals surface area contributed by atoms with Gasteiger partial charge in [-0.3, -0.25) is 0 Å². The molecule has 0 saturated heterocycles. The third kappa shape index (κ3) is 2.40. The molecule has 0 aromatic rings. The van der Waals surface area contributed by atoms with Gasteiger partial charge in [0.1, 0.15) is 0 Å². The number of aliphatic carboxylic acids is 1. The van der Waals surface area contributed by atoms with Crippen molar-refractivity contribution in [1.29, 1.82) is 0 Å². The number of thioether (sulfide) groups is 1. The molecule has 0 spiro atoms. The van der Waals surface area contributed by atoms with Crippen LogP contribution in [0.5, 0.6) is 0 Å². The highest BCUT2D eigenvalue weighted by atomic mass is 32.2. The molecule has 0 heterocycles. The number of thiol groups is 1. The fourth-order valence-electron chi connectivity index (χ4n) is 0.567. The Hall–Kier alpha value is -0.200. The zero-order chi connectivity index (χ0) is 9.78. The van der Waals surface area contributed by atoms with E-state index in [0.29, 0.717) is 5.75 Å². The van der Waals surface area contributed by atoms with Crippen molar-refractivity contribution in [2.24, 2.45) is 5.73 Å². The van der Waals surface area contributed by atoms with E-state index in [2.05, 4.69) is 12.6 Å². The van der Waals surface area contributed by atoms with E-state index >= 15 is 0 Å². The SMILES string of the molecule is CSCC(S)C(N)(C=O)C(=O)O. The lowest BCUT2D eigenvalue weighted by atomic mass is 10.00. The van der Waals surface area contributed by atoms with E-state index < -0.39 is 16.8 Å². The van der Waals surface area contributed by atoms with Gasteiger partial charge in [0.2, 0.25) is 0 Å². The van der Waals surface area contributed by atoms with E-state index in [4.69, 9.17) is 10.8 Å². The standard InChI is InChI=1S/C6H11NO3S2/c1-12-2-4(11)6(7,3-8)5(9)10/h3-4,11H,2,7H2,1H3,(H,9,10). The Morgan fingerprint density at radius 1 is 1.92 bits per heavy atom. The molecule has 70 valence electrons. The Morgan fingerprint density at radius 3 is 2.67 bits per heavy atom. The van der Waals surface area contributed by atoms with Crippen LogP contribution < -0.4 is 5.73 Å². The summed E-state index contributed by atoms with van der Waals surface area (Å²) in [4.78, 5) is 21.0. The second-order valence-corrected chi connectivity index (χ2v) is 3.86. The number of carboxylic acids is 1. The lowest BCUT2D eigenvalue weighted by molar-refractivity contribution is -0.145. The normalized spacial score (nSPS) is 17.9. The van der Waals surface area contributed by atoms with Gasteiger partial charge >= 0.3 is 5.97 Å². The van der Waals surface area contributed by atoms with Crippen molar-refractivity contribution in [3.05, 3.63) is 0 Å². The molecule has 0 aromatic heterocycles. The molecule has 0 radical (unpaired) electrons. The summed E-state index contributed by atoms with van der Waals surface area (Å²) in [7, 11) is 0. The Morgan fingerprint density at radius 2 is 2.42 bits per heavy atom. The zero-order valence-corrected chi connectivity index (χ0v) is 8.27. The highest BCUT2D eigenvalue weighted by Gasteiger charge is 2.40. The van der Waals surface area contributed by atoms with E-state index in [1.807, 2.05) is 0 Å². The highest BCUT2D eigenvalue weighted by Crippen LogP contribution is 2.15. The van der Waals surface area contributed by atoms with Crippen molar-refractivity contribution in [2.45, 2.75) is 10.8 Å². The van der Waals surface area contributed by atoms with Gasteiger partial charge in [-0.15, -0.1) is 0 Å². The topological polar surface area (TPSA) is 80.4 Å². The van der Waals surface area contributed by atoms with Crippen LogP contribution in [-0.4, -0.2) is 40.2 Å². The molecule has 0 bridgehead atoms. The van der Waals surface area contributed by atoms with Crippen molar-refractivity contribution >= 4 is 36.6 Å². The van der Waals surface area contributed by atoms with Gasteiger partial charge in [-0.1, -0.05) is 0 Å². The Kier molecular flexibility index (Phi) is 4.66. The third-order valence-corrected chi connectivity index (χ3v) is 2.96. The van der Waals surface area contributed by atoms with Gasteiger partial charge in [0.05, 0.1) is 0 Å². The smallest absolute Gasteiger partial charge is 0.332 e. The van der Waals surface area contributed by atoms with Crippen molar-refractivity contribution in [1.82, 2.24) is 0 Å². The first-order valence-electron chi connectivity index (χ1n) is 3.14. The number of carbonyl (C=O) groups is 2. The van der Waals surface area contributed by atoms with Crippen LogP contribution in [0.25, 0.3) is 0 Å². The maximum absolute atomic E-state index is 10.6. The Labute approximate surface area is 80.3 Å². The minimum Gasteiger partial charge on any atom is -0.480 e. The molecule has 3 N–H and O–H groups in total. The van der Waals surface area contributed by atoms with E-state index in [9.17, 15) is 9.59 Å². The molecule has 2 unspecified atom stereocenters. The summed E-state index contributed by atoms with van der Waals surface area (Å²) in [5.41, 5.74) is 3.44. The fourth-order valence-corrected chi connectivity index (χ4v) is 1.78. The summed E-state index contributed by atoms with van der Waals surface area (Å²) in [5, 5.41) is 7.95. The molecule has 0 aliphatic heterocycles. The van der Waals surface area contributed by atoms with Crippen LogP contribution in [0.2, 0.25) is 0 Å². The highest BCUT2D eigenvalue weighted by molar-refractivity contribution is 7.99. The van der Waals surface area contributed by atoms with Crippen LogP contribution in [0.1, 0.15) is 0 Å². The average Bonchev–Trinajstić information content (AvgIpc) is 2.03. The van der Waals surface area contributed by atoms with E-state index in [0.717, 1.165) is 0 Å². The summed E-state index contributed by atoms with van der Waals surface area (Å²) in [6.07, 6.45) is 2.01. The minimum atomic E-state index is -1.87. The van der Waals surface area contributed by atoms with Gasteiger partial charge in [-0.05, 0) is 6.26 Å². The Bertz CT molecular complexity index is 188. The summed E-state index contributed by atoms with van der Waals surface area (Å²) < 4.78 is 0. The van der Waals surface area contributed by atoms with Crippen LogP contribution in [0.3, 0.4) is 0 Å². The molecule has 4 nitrogen and oxygen atoms in total. The van der Waals surface area contributed by atoms with Gasteiger partial charge in [0, 0.05) is 11.0 Å². The molecule has 0 aliphatic carbocycles. The summed E-state index contributed by atoms with van der Waals surface area (Å²) in [5.74, 6) is -0.920. The lowest BCUT2D eigenvalue weighted by Gasteiger charge is -2.23. The number of carboxylic acid groups (broad SMARTS) is 1. The second kappa shape index (κ2) is 4.74. The van der Waals surface area contributed by atoms with Crippen LogP contribution in [0.4, 0.5) is 0 Å². The predicted octanol–water partition coefficient (Wildman–Crippen LogP) is -0.371. The van der Waals surface area contributed by atoms with Gasteiger partial charge < -0.3 is 15.6 Å². The van der Waals surface area contributed by atoms with E-state index in [-0.39, 0.29) is 6.29 Å². The monoisotopic (exact) mass is 209 g/mol. The molecule has 12 heavy (non-hydrogen) atoms. The van der Waals surface area contributed by atoms with Crippen LogP contribution >= 0.6 is 24.4 Å². The molecule has 0 aliphatic rings. The molecular weight excluding hydrogens is 198 g/mol. The molecule has 0 fully saturated rings. The minimum absolute atomic E-state index is 0.225. The lowest BCUT2D eigenvalue weighted by Crippen LogP contribution is -2.57. The van der Waals surface area contributed by atoms with Crippen molar-refractivity contribution in [3.63, 3.8) is 0 Å². The fraction of sp³-hybridized carbons (Fsp3) is 0.667. The second-order valence-electron chi connectivity index (χ2n) is 2.33. The number of nitrogens with two attached hydrogens (primary N) is 1. The van der Waals surface area contributed by atoms with Crippen molar-refractivity contribution in [2.75, 3.05) is 12.0 Å². The molecule has 0 saturated carbocycles. The molecule has 0 amide bonds. The zero-order valence-electron chi connectivity index (χ0n) is 6.56. The van der Waals surface area contributed by atoms with Gasteiger partial charge in [-0.2, -0.15) is 24.4 Å². The summed E-state index contributed by atoms with van der Waals surface area (Å²) in [6, 6.07) is 0. The first-order chi connectivity index (χ1) is 5.49. The Balaban J connectivity index is 4.50. The van der Waals surface area contributed by atoms with E-state index in [1.165, 1.54) is 11.8 Å². The van der Waals surface area contributed by atoms with Gasteiger partial charge in [0.25, 0.3) is 0 Å². The van der Waals surface area contributed by atoms with Gasteiger partial charge in [0.15, 0.2) is 11.8 Å².